The van der Waals surface area contributed by atoms with Gasteiger partial charge in [-0.15, -0.1) is 0 Å². The molecule has 3 heteroatoms. The second-order valence-electron chi connectivity index (χ2n) is 2.42. The summed E-state index contributed by atoms with van der Waals surface area (Å²) >= 11 is 0. The van der Waals surface area contributed by atoms with E-state index < -0.39 is 0 Å². The molecule has 0 radical (unpaired) electrons. The monoisotopic (exact) mass is 272 g/mol. The van der Waals surface area contributed by atoms with Crippen molar-refractivity contribution in [3.8, 4) is 0 Å². The molecule has 0 atom stereocenters. The number of halogens is 1. The van der Waals surface area contributed by atoms with Crippen LogP contribution in [0, 0.1) is 0 Å². The Hall–Kier alpha value is -0.680. The lowest BCUT2D eigenvalue weighted by Crippen LogP contribution is -3.00. The van der Waals surface area contributed by atoms with Crippen LogP contribution < -0.4 is 29.3 Å². The predicted molar refractivity (Wildman–Crippen MR) is 44.8 cm³/mol. The fourth-order valence-electron chi connectivity index (χ4n) is 1.10. The fraction of sp³-hybridized carbons (Fsp3) is 0. The van der Waals surface area contributed by atoms with E-state index in [2.05, 4.69) is 22.4 Å². The summed E-state index contributed by atoms with van der Waals surface area (Å²) in [6.07, 6.45) is 5.61. The van der Waals surface area contributed by atoms with Gasteiger partial charge in [-0.1, -0.05) is 12.1 Å². The van der Waals surface area contributed by atoms with Gasteiger partial charge in [-0.2, -0.15) is 0 Å². The summed E-state index contributed by atoms with van der Waals surface area (Å²) in [6, 6.07) is 8.19. The predicted octanol–water partition coefficient (Wildman–Crippen LogP) is -2.21. The topological polar surface area (TPSA) is 29.0 Å². The molecule has 1 heterocycles. The number of hydrogen-bond acceptors (Lipinski definition) is 1. The molecule has 0 fully saturated rings. The minimum atomic E-state index is 0. The number of nitrogens with zero attached hydrogens (tertiary/aromatic N) is 1. The maximum absolute atomic E-state index is 4.08. The van der Waals surface area contributed by atoms with Crippen LogP contribution in [-0.4, -0.2) is 6.21 Å². The van der Waals surface area contributed by atoms with Gasteiger partial charge in [0.2, 0.25) is 0 Å². The molecule has 12 heavy (non-hydrogen) atoms. The quantitative estimate of drug-likeness (QED) is 0.410. The Kier molecular flexibility index (Phi) is 3.43. The first kappa shape index (κ1) is 9.41. The van der Waals surface area contributed by atoms with Crippen molar-refractivity contribution < 1.29 is 29.3 Å². The summed E-state index contributed by atoms with van der Waals surface area (Å²) in [4.78, 5) is 4.08. The first-order valence-electron chi connectivity index (χ1n) is 3.59. The second-order valence-corrected chi connectivity index (χ2v) is 2.42. The van der Waals surface area contributed by atoms with Gasteiger partial charge in [0, 0.05) is 12.3 Å². The molecule has 1 aromatic carbocycles. The molecular weight excluding hydrogens is 263 g/mol. The van der Waals surface area contributed by atoms with Crippen LogP contribution in [0.2, 0.25) is 0 Å². The van der Waals surface area contributed by atoms with Crippen molar-refractivity contribution in [3.05, 3.63) is 42.2 Å². The number of fused-ring (bicyclic) bond motifs is 1. The zero-order valence-electron chi connectivity index (χ0n) is 6.44. The number of benzene rings is 1. The van der Waals surface area contributed by atoms with Crippen LogP contribution in [0.25, 0.3) is 0 Å². The maximum atomic E-state index is 4.08. The van der Waals surface area contributed by atoms with Gasteiger partial charge < -0.3 is 24.0 Å². The molecule has 2 nitrogen and oxygen atoms in total. The second kappa shape index (κ2) is 4.37. The van der Waals surface area contributed by atoms with Gasteiger partial charge in [0.05, 0.1) is 11.8 Å². The maximum Gasteiger partial charge on any atom is 0.143 e. The Morgan fingerprint density at radius 2 is 2.00 bits per heavy atom. The first-order chi connectivity index (χ1) is 5.47. The Labute approximate surface area is 88.4 Å². The minimum Gasteiger partial charge on any atom is -1.00 e. The minimum absolute atomic E-state index is 0. The summed E-state index contributed by atoms with van der Waals surface area (Å²) < 4.78 is 0. The highest BCUT2D eigenvalue weighted by Gasteiger charge is 2.01. The van der Waals surface area contributed by atoms with Gasteiger partial charge in [-0.25, -0.2) is 0 Å². The Balaban J connectivity index is 0.000000720. The van der Waals surface area contributed by atoms with Crippen molar-refractivity contribution in [2.45, 2.75) is 0 Å². The average molecular weight is 272 g/mol. The van der Waals surface area contributed by atoms with E-state index in [9.17, 15) is 0 Å². The molecule has 1 aliphatic rings. The molecule has 0 saturated carbocycles. The standard InChI is InChI=1S/C9H8N2.HI/c1-2-4-9-8(3-1)7-10-5-6-11-9;/h1-7,11H;1H. The van der Waals surface area contributed by atoms with Crippen LogP contribution in [0.15, 0.2) is 41.7 Å². The molecular formula is C9H9IN2. The molecule has 2 N–H and O–H groups in total. The Morgan fingerprint density at radius 1 is 1.17 bits per heavy atom. The molecule has 1 aromatic rings. The van der Waals surface area contributed by atoms with E-state index in [1.165, 1.54) is 11.3 Å². The molecule has 0 aromatic heterocycles. The van der Waals surface area contributed by atoms with Crippen molar-refractivity contribution in [1.29, 1.82) is 0 Å². The highest BCUT2D eigenvalue weighted by molar-refractivity contribution is 5.85. The average Bonchev–Trinajstić information content (AvgIpc) is 2.28. The van der Waals surface area contributed by atoms with Gasteiger partial charge in [0.15, 0.2) is 0 Å². The summed E-state index contributed by atoms with van der Waals surface area (Å²) in [5, 5.41) is 2.06. The molecule has 0 unspecified atom stereocenters. The van der Waals surface area contributed by atoms with E-state index >= 15 is 0 Å². The highest BCUT2D eigenvalue weighted by atomic mass is 127. The lowest BCUT2D eigenvalue weighted by atomic mass is 10.2. The van der Waals surface area contributed by atoms with Crippen molar-refractivity contribution in [3.63, 3.8) is 0 Å². The van der Waals surface area contributed by atoms with Crippen LogP contribution in [0.3, 0.4) is 0 Å². The smallest absolute Gasteiger partial charge is 0.143 e. The number of nitrogens with two attached hydrogens (primary N) is 1. The van der Waals surface area contributed by atoms with E-state index in [4.69, 9.17) is 0 Å². The largest absolute Gasteiger partial charge is 1.00 e. The summed E-state index contributed by atoms with van der Waals surface area (Å²) in [5.74, 6) is 0. The van der Waals surface area contributed by atoms with Crippen molar-refractivity contribution in [2.24, 2.45) is 4.99 Å². The zero-order valence-corrected chi connectivity index (χ0v) is 8.60. The van der Waals surface area contributed by atoms with Gasteiger partial charge in [-0.3, -0.25) is 10.3 Å². The van der Waals surface area contributed by atoms with Gasteiger partial charge in [0.25, 0.3) is 0 Å². The van der Waals surface area contributed by atoms with Crippen LogP contribution in [0.1, 0.15) is 5.56 Å². The van der Waals surface area contributed by atoms with Crippen molar-refractivity contribution in [2.75, 3.05) is 0 Å². The van der Waals surface area contributed by atoms with Crippen molar-refractivity contribution >= 4 is 11.9 Å². The third-order valence-corrected chi connectivity index (χ3v) is 1.66. The molecule has 1 aliphatic heterocycles. The SMILES string of the molecule is C1=C[NH2+]c2ccccc2C=N1.[I-]. The summed E-state index contributed by atoms with van der Waals surface area (Å²) in [5.41, 5.74) is 2.41. The number of para-hydroxylation sites is 1. The van der Waals surface area contributed by atoms with Crippen molar-refractivity contribution in [1.82, 2.24) is 0 Å². The van der Waals surface area contributed by atoms with Gasteiger partial charge in [-0.05, 0) is 6.07 Å². The molecule has 0 spiro atoms. The molecule has 0 bridgehead atoms. The van der Waals surface area contributed by atoms with E-state index in [-0.39, 0.29) is 24.0 Å². The molecule has 0 saturated heterocycles. The number of quaternary nitrogens is 1. The first-order valence-corrected chi connectivity index (χ1v) is 3.59. The number of hydrogen-bond donors (Lipinski definition) is 1. The summed E-state index contributed by atoms with van der Waals surface area (Å²) in [6.45, 7) is 0. The third kappa shape index (κ3) is 1.92. The molecule has 0 amide bonds. The molecule has 0 aliphatic carbocycles. The fourth-order valence-corrected chi connectivity index (χ4v) is 1.10. The molecule has 62 valence electrons. The Bertz CT molecular complexity index is 318. The van der Waals surface area contributed by atoms with E-state index in [0.29, 0.717) is 0 Å². The van der Waals surface area contributed by atoms with E-state index in [0.717, 1.165) is 0 Å². The lowest BCUT2D eigenvalue weighted by molar-refractivity contribution is -0.496. The molecule has 2 rings (SSSR count). The van der Waals surface area contributed by atoms with E-state index in [1.54, 1.807) is 6.20 Å². The van der Waals surface area contributed by atoms with Crippen LogP contribution in [-0.2, 0) is 0 Å². The zero-order chi connectivity index (χ0) is 7.52. The lowest BCUT2D eigenvalue weighted by Gasteiger charge is -1.95. The van der Waals surface area contributed by atoms with E-state index in [1.807, 2.05) is 24.5 Å². The normalized spacial score (nSPS) is 13.0. The number of rotatable bonds is 0. The highest BCUT2D eigenvalue weighted by Crippen LogP contribution is 2.07. The number of aliphatic imine (C=N–C) groups is 1. The van der Waals surface area contributed by atoms with Gasteiger partial charge >= 0.3 is 0 Å². The van der Waals surface area contributed by atoms with Crippen LogP contribution in [0.5, 0.6) is 0 Å². The van der Waals surface area contributed by atoms with Crippen LogP contribution in [0.4, 0.5) is 5.69 Å². The van der Waals surface area contributed by atoms with Gasteiger partial charge in [0.1, 0.15) is 11.9 Å². The van der Waals surface area contributed by atoms with Crippen LogP contribution >= 0.6 is 0 Å². The summed E-state index contributed by atoms with van der Waals surface area (Å²) in [7, 11) is 0. The Morgan fingerprint density at radius 3 is 2.92 bits per heavy atom. The third-order valence-electron chi connectivity index (χ3n) is 1.66.